The van der Waals surface area contributed by atoms with E-state index in [9.17, 15) is 4.79 Å². The minimum Gasteiger partial charge on any atom is -0.441 e. The maximum atomic E-state index is 12.0. The van der Waals surface area contributed by atoms with Crippen LogP contribution in [0.1, 0.15) is 19.4 Å². The number of pyridine rings is 1. The molecular formula is C15H20N2O2Si. The van der Waals surface area contributed by atoms with Crippen LogP contribution < -0.4 is 4.90 Å². The molecule has 106 valence electrons. The highest BCUT2D eigenvalue weighted by Crippen LogP contribution is 2.27. The Morgan fingerprint density at radius 1 is 1.40 bits per heavy atom. The van der Waals surface area contributed by atoms with Crippen LogP contribution in [-0.4, -0.2) is 31.3 Å². The van der Waals surface area contributed by atoms with E-state index in [4.69, 9.17) is 4.74 Å². The van der Waals surface area contributed by atoms with Gasteiger partial charge < -0.3 is 4.74 Å². The number of carbonyl (C=O) groups excluding carboxylic acids is 1. The summed E-state index contributed by atoms with van der Waals surface area (Å²) in [4.78, 5) is 17.8. The minimum absolute atomic E-state index is 0.357. The van der Waals surface area contributed by atoms with Crippen LogP contribution in [0.4, 0.5) is 10.6 Å². The smallest absolute Gasteiger partial charge is 0.416 e. The van der Waals surface area contributed by atoms with Gasteiger partial charge in [0.05, 0.1) is 12.1 Å². The molecule has 1 aromatic rings. The van der Waals surface area contributed by atoms with Crippen molar-refractivity contribution in [2.45, 2.75) is 39.1 Å². The third kappa shape index (κ3) is 3.39. The van der Waals surface area contributed by atoms with Crippen LogP contribution in [0.25, 0.3) is 0 Å². The maximum absolute atomic E-state index is 12.0. The summed E-state index contributed by atoms with van der Waals surface area (Å²) in [6, 6.07) is 3.73. The van der Waals surface area contributed by atoms with Crippen molar-refractivity contribution >= 4 is 20.0 Å². The van der Waals surface area contributed by atoms with Crippen LogP contribution in [0.3, 0.4) is 0 Å². The van der Waals surface area contributed by atoms with Crippen molar-refractivity contribution in [1.29, 1.82) is 0 Å². The van der Waals surface area contributed by atoms with Crippen LogP contribution in [0.2, 0.25) is 19.6 Å². The molecule has 4 nitrogen and oxygen atoms in total. The van der Waals surface area contributed by atoms with Crippen molar-refractivity contribution in [3.05, 3.63) is 23.9 Å². The number of nitrogens with zero attached hydrogens (tertiary/aromatic N) is 2. The van der Waals surface area contributed by atoms with Crippen LogP contribution in [0, 0.1) is 11.5 Å². The topological polar surface area (TPSA) is 42.4 Å². The summed E-state index contributed by atoms with van der Waals surface area (Å²) < 4.78 is 5.32. The molecule has 1 aliphatic heterocycles. The third-order valence-corrected chi connectivity index (χ3v) is 3.61. The van der Waals surface area contributed by atoms with Gasteiger partial charge in [-0.15, -0.1) is 5.54 Å². The molecule has 0 bridgehead atoms. The summed E-state index contributed by atoms with van der Waals surface area (Å²) in [7, 11) is -1.47. The Kier molecular flexibility index (Phi) is 3.61. The van der Waals surface area contributed by atoms with Crippen LogP contribution in [-0.2, 0) is 4.74 Å². The SMILES string of the molecule is CC1(C)CN(c2ncccc2C#C[Si](C)(C)C)C(=O)O1. The van der Waals surface area contributed by atoms with Gasteiger partial charge in [-0.3, -0.25) is 4.90 Å². The van der Waals surface area contributed by atoms with E-state index in [1.54, 1.807) is 11.1 Å². The Morgan fingerprint density at radius 3 is 2.65 bits per heavy atom. The number of anilines is 1. The lowest BCUT2D eigenvalue weighted by Crippen LogP contribution is -2.29. The number of rotatable bonds is 1. The van der Waals surface area contributed by atoms with Crippen molar-refractivity contribution in [1.82, 2.24) is 4.98 Å². The average molecular weight is 288 g/mol. The highest BCUT2D eigenvalue weighted by Gasteiger charge is 2.39. The van der Waals surface area contributed by atoms with Gasteiger partial charge in [-0.1, -0.05) is 25.6 Å². The number of cyclic esters (lactones) is 1. The third-order valence-electron chi connectivity index (χ3n) is 2.74. The molecule has 2 rings (SSSR count). The second-order valence-electron chi connectivity index (χ2n) is 6.59. The molecule has 0 aliphatic carbocycles. The predicted octanol–water partition coefficient (Wildman–Crippen LogP) is 3.05. The fraction of sp³-hybridized carbons (Fsp3) is 0.467. The molecule has 2 heterocycles. The van der Waals surface area contributed by atoms with Crippen molar-refractivity contribution in [2.75, 3.05) is 11.4 Å². The predicted molar refractivity (Wildman–Crippen MR) is 82.4 cm³/mol. The van der Waals surface area contributed by atoms with E-state index in [0.29, 0.717) is 12.4 Å². The Morgan fingerprint density at radius 2 is 2.10 bits per heavy atom. The maximum Gasteiger partial charge on any atom is 0.416 e. The van der Waals surface area contributed by atoms with Gasteiger partial charge in [0.2, 0.25) is 0 Å². The fourth-order valence-electron chi connectivity index (χ4n) is 1.89. The summed E-state index contributed by atoms with van der Waals surface area (Å²) in [5.74, 6) is 3.77. The summed E-state index contributed by atoms with van der Waals surface area (Å²) in [5, 5.41) is 0. The molecule has 0 unspecified atom stereocenters. The lowest BCUT2D eigenvalue weighted by atomic mass is 10.1. The van der Waals surface area contributed by atoms with E-state index in [1.165, 1.54) is 0 Å². The molecule has 20 heavy (non-hydrogen) atoms. The fourth-order valence-corrected chi connectivity index (χ4v) is 2.40. The summed E-state index contributed by atoms with van der Waals surface area (Å²) in [6.07, 6.45) is 1.32. The number of hydrogen-bond donors (Lipinski definition) is 0. The lowest BCUT2D eigenvalue weighted by molar-refractivity contribution is 0.0871. The minimum atomic E-state index is -1.47. The first-order valence-electron chi connectivity index (χ1n) is 6.67. The van der Waals surface area contributed by atoms with Gasteiger partial charge in [-0.25, -0.2) is 9.78 Å². The molecule has 1 aliphatic rings. The summed E-state index contributed by atoms with van der Waals surface area (Å²) in [5.41, 5.74) is 3.60. The van der Waals surface area contributed by atoms with E-state index in [2.05, 4.69) is 36.1 Å². The standard InChI is InChI=1S/C15H20N2O2Si/c1-15(2)11-17(14(18)19-15)13-12(7-6-9-16-13)8-10-20(3,4)5/h6-7,9H,11H2,1-5H3. The van der Waals surface area contributed by atoms with Crippen LogP contribution >= 0.6 is 0 Å². The van der Waals surface area contributed by atoms with Crippen molar-refractivity contribution in [3.8, 4) is 11.5 Å². The van der Waals surface area contributed by atoms with Crippen molar-refractivity contribution in [3.63, 3.8) is 0 Å². The first-order chi connectivity index (χ1) is 9.18. The van der Waals surface area contributed by atoms with Gasteiger partial charge in [-0.05, 0) is 26.0 Å². The summed E-state index contributed by atoms with van der Waals surface area (Å²) >= 11 is 0. The van der Waals surface area contributed by atoms with Crippen molar-refractivity contribution < 1.29 is 9.53 Å². The monoisotopic (exact) mass is 288 g/mol. The van der Waals surface area contributed by atoms with E-state index >= 15 is 0 Å². The molecule has 0 radical (unpaired) electrons. The molecule has 0 atom stereocenters. The molecule has 1 saturated heterocycles. The average Bonchev–Trinajstić information content (AvgIpc) is 2.59. The molecule has 0 N–H and O–H groups in total. The zero-order chi connectivity index (χ0) is 15.0. The Bertz CT molecular complexity index is 594. The molecule has 1 amide bonds. The van der Waals surface area contributed by atoms with E-state index in [1.807, 2.05) is 26.0 Å². The first-order valence-corrected chi connectivity index (χ1v) is 10.2. The molecule has 1 fully saturated rings. The van der Waals surface area contributed by atoms with Crippen LogP contribution in [0.15, 0.2) is 18.3 Å². The second-order valence-corrected chi connectivity index (χ2v) is 11.3. The van der Waals surface area contributed by atoms with Crippen molar-refractivity contribution in [2.24, 2.45) is 0 Å². The van der Waals surface area contributed by atoms with E-state index in [0.717, 1.165) is 5.56 Å². The lowest BCUT2D eigenvalue weighted by Gasteiger charge is -2.16. The zero-order valence-electron chi connectivity index (χ0n) is 12.7. The molecule has 0 saturated carbocycles. The van der Waals surface area contributed by atoms with Gasteiger partial charge in [0.25, 0.3) is 0 Å². The molecule has 1 aromatic heterocycles. The number of amides is 1. The zero-order valence-corrected chi connectivity index (χ0v) is 13.7. The summed E-state index contributed by atoms with van der Waals surface area (Å²) in [6.45, 7) is 10.8. The van der Waals surface area contributed by atoms with Gasteiger partial charge in [0, 0.05) is 6.20 Å². The second kappa shape index (κ2) is 4.95. The Labute approximate surface area is 121 Å². The number of carbonyl (C=O) groups is 1. The normalized spacial score (nSPS) is 17.4. The van der Waals surface area contributed by atoms with Gasteiger partial charge in [-0.2, -0.15) is 0 Å². The van der Waals surface area contributed by atoms with Crippen LogP contribution in [0.5, 0.6) is 0 Å². The quantitative estimate of drug-likeness (QED) is 0.589. The van der Waals surface area contributed by atoms with E-state index in [-0.39, 0.29) is 6.09 Å². The van der Waals surface area contributed by atoms with E-state index < -0.39 is 13.7 Å². The Balaban J connectivity index is 2.38. The van der Waals surface area contributed by atoms with Gasteiger partial charge in [0.15, 0.2) is 5.82 Å². The Hall–Kier alpha value is -1.80. The number of ether oxygens (including phenoxy) is 1. The number of hydrogen-bond acceptors (Lipinski definition) is 3. The highest BCUT2D eigenvalue weighted by molar-refractivity contribution is 6.83. The number of aromatic nitrogens is 1. The molecule has 0 spiro atoms. The van der Waals surface area contributed by atoms with Gasteiger partial charge in [0.1, 0.15) is 13.7 Å². The van der Waals surface area contributed by atoms with Gasteiger partial charge >= 0.3 is 6.09 Å². The molecule has 0 aromatic carbocycles. The highest BCUT2D eigenvalue weighted by atomic mass is 28.3. The molecule has 5 heteroatoms. The largest absolute Gasteiger partial charge is 0.441 e. The molecular weight excluding hydrogens is 268 g/mol. The first kappa shape index (κ1) is 14.6.